The number of halogens is 5. The van der Waals surface area contributed by atoms with Gasteiger partial charge in [0.25, 0.3) is 0 Å². The van der Waals surface area contributed by atoms with Gasteiger partial charge in [-0.25, -0.2) is 4.57 Å². The fourth-order valence-corrected chi connectivity index (χ4v) is 4.39. The van der Waals surface area contributed by atoms with Crippen molar-refractivity contribution < 1.29 is 36.0 Å². The summed E-state index contributed by atoms with van der Waals surface area (Å²) in [6, 6.07) is 7.80. The van der Waals surface area contributed by atoms with Crippen molar-refractivity contribution in [2.75, 3.05) is 33.5 Å². The quantitative estimate of drug-likeness (QED) is 0.208. The van der Waals surface area contributed by atoms with E-state index in [0.717, 1.165) is 34.0 Å². The first-order chi connectivity index (χ1) is 15.2. The molecular weight excluding hydrogens is 473 g/mol. The summed E-state index contributed by atoms with van der Waals surface area (Å²) in [6.45, 7) is 4.31. The van der Waals surface area contributed by atoms with Crippen LogP contribution >= 0.6 is 23.5 Å². The van der Waals surface area contributed by atoms with Crippen LogP contribution in [0.25, 0.3) is 17.0 Å². The largest absolute Gasteiger partial charge is 0.673 e. The Morgan fingerprint density at radius 1 is 1.16 bits per heavy atom. The molecule has 174 valence electrons. The summed E-state index contributed by atoms with van der Waals surface area (Å²) in [5.74, 6) is 2.61. The molecule has 13 heteroatoms. The molecule has 6 nitrogen and oxygen atoms in total. The van der Waals surface area contributed by atoms with Gasteiger partial charge in [0.1, 0.15) is 18.1 Å². The first-order valence-electron chi connectivity index (χ1n) is 9.61. The molecule has 0 saturated heterocycles. The summed E-state index contributed by atoms with van der Waals surface area (Å²) < 4.78 is 59.6. The highest BCUT2D eigenvalue weighted by Gasteiger charge is 2.31. The van der Waals surface area contributed by atoms with Crippen molar-refractivity contribution in [1.29, 1.82) is 0 Å². The number of imidazole rings is 1. The lowest BCUT2D eigenvalue weighted by molar-refractivity contribution is -0.612. The van der Waals surface area contributed by atoms with Crippen LogP contribution in [0.1, 0.15) is 11.3 Å². The van der Waals surface area contributed by atoms with Gasteiger partial charge in [-0.2, -0.15) is 3.97 Å². The first kappa shape index (κ1) is 24.6. The van der Waals surface area contributed by atoms with Crippen molar-refractivity contribution in [3.63, 3.8) is 0 Å². The molecule has 0 unspecified atom stereocenters. The van der Waals surface area contributed by atoms with Crippen LogP contribution in [0.2, 0.25) is 5.02 Å². The van der Waals surface area contributed by atoms with E-state index < -0.39 is 7.25 Å². The van der Waals surface area contributed by atoms with Crippen LogP contribution in [0.15, 0.2) is 30.5 Å². The molecule has 3 heterocycles. The maximum Gasteiger partial charge on any atom is 0.673 e. The summed E-state index contributed by atoms with van der Waals surface area (Å²) in [7, 11) is -4.34. The highest BCUT2D eigenvalue weighted by atomic mass is 35.5. The molecule has 0 aliphatic carbocycles. The van der Waals surface area contributed by atoms with E-state index in [2.05, 4.69) is 15.5 Å². The molecule has 3 aromatic rings. The number of hydrogen-bond acceptors (Lipinski definition) is 5. The molecule has 0 N–H and O–H groups in total. The summed E-state index contributed by atoms with van der Waals surface area (Å²) in [4.78, 5) is 4.78. The van der Waals surface area contributed by atoms with Crippen molar-refractivity contribution >= 4 is 41.8 Å². The topological polar surface area (TPSA) is 49.4 Å². The summed E-state index contributed by atoms with van der Waals surface area (Å²) in [5.41, 5.74) is 4.28. The summed E-state index contributed by atoms with van der Waals surface area (Å²) >= 11 is 7.85. The van der Waals surface area contributed by atoms with Crippen LogP contribution in [-0.2, 0) is 15.2 Å². The summed E-state index contributed by atoms with van der Waals surface area (Å²) in [6.07, 6.45) is 2.02. The van der Waals surface area contributed by atoms with Crippen molar-refractivity contribution in [1.82, 2.24) is 8.96 Å². The number of rotatable bonds is 7. The monoisotopic (exact) mass is 493 g/mol. The average molecular weight is 494 g/mol. The molecule has 32 heavy (non-hydrogen) atoms. The van der Waals surface area contributed by atoms with E-state index in [1.807, 2.05) is 30.5 Å². The van der Waals surface area contributed by atoms with Crippen molar-refractivity contribution in [2.24, 2.45) is 0 Å². The molecule has 4 rings (SSSR count). The van der Waals surface area contributed by atoms with Gasteiger partial charge in [0.05, 0.1) is 31.8 Å². The minimum atomic E-state index is -6.00. The lowest BCUT2D eigenvalue weighted by Gasteiger charge is -2.17. The van der Waals surface area contributed by atoms with Crippen molar-refractivity contribution in [3.8, 4) is 11.7 Å². The summed E-state index contributed by atoms with van der Waals surface area (Å²) in [5, 5.41) is 0.695. The molecule has 1 aliphatic rings. The third kappa shape index (κ3) is 6.28. The van der Waals surface area contributed by atoms with E-state index >= 15 is 0 Å². The minimum absolute atomic E-state index is 0.512. The number of aromatic nitrogens is 3. The van der Waals surface area contributed by atoms with Crippen LogP contribution in [0, 0.1) is 6.92 Å². The molecule has 0 amide bonds. The minimum Gasteiger partial charge on any atom is -0.491 e. The van der Waals surface area contributed by atoms with Gasteiger partial charge in [0.15, 0.2) is 11.0 Å². The zero-order valence-corrected chi connectivity index (χ0v) is 18.9. The Hall–Kier alpha value is -2.02. The molecule has 1 aromatic carbocycles. The molecule has 0 bridgehead atoms. The van der Waals surface area contributed by atoms with Gasteiger partial charge < -0.3 is 31.5 Å². The van der Waals surface area contributed by atoms with Gasteiger partial charge in [0.2, 0.25) is 0 Å². The standard InChI is InChI=1S/C19H21ClN3O3S.BF4/c1-13-17-12-27-23-16-4-3-14(20)11-15(16)21-19(23)22(17)6-5-18(13)26-10-9-25-8-7-24-2;2-1(3,4)5/h3-6,11H,7-10,12H2,1-2H3;/q+1;-1. The van der Waals surface area contributed by atoms with E-state index in [1.165, 1.54) is 5.69 Å². The zero-order valence-electron chi connectivity index (χ0n) is 17.4. The fraction of sp³-hybridized carbons (Fsp3) is 0.368. The van der Waals surface area contributed by atoms with E-state index in [1.54, 1.807) is 19.1 Å². The third-order valence-corrected chi connectivity index (χ3v) is 5.75. The van der Waals surface area contributed by atoms with Gasteiger partial charge >= 0.3 is 13.2 Å². The molecule has 1 aliphatic heterocycles. The Labute approximate surface area is 191 Å². The van der Waals surface area contributed by atoms with Gasteiger partial charge in [0, 0.05) is 41.8 Å². The smallest absolute Gasteiger partial charge is 0.491 e. The Balaban J connectivity index is 0.000000523. The number of ether oxygens (including phenoxy) is 3. The predicted molar refractivity (Wildman–Crippen MR) is 116 cm³/mol. The third-order valence-electron chi connectivity index (χ3n) is 4.49. The zero-order chi connectivity index (χ0) is 23.3. The second kappa shape index (κ2) is 10.7. The molecule has 0 atom stereocenters. The number of fused-ring (bicyclic) bond motifs is 5. The van der Waals surface area contributed by atoms with E-state index in [0.29, 0.717) is 31.5 Å². The number of hydrogen-bond donors (Lipinski definition) is 0. The Morgan fingerprint density at radius 3 is 2.59 bits per heavy atom. The molecule has 0 spiro atoms. The van der Waals surface area contributed by atoms with Gasteiger partial charge in [-0.1, -0.05) is 16.6 Å². The SMILES string of the molecule is COCCOCCOc1cc[n+]2c(c1C)CSn1c-2nc2cc(Cl)ccc21.F[B-](F)(F)F. The molecule has 0 saturated carbocycles. The lowest BCUT2D eigenvalue weighted by Crippen LogP contribution is -2.41. The van der Waals surface area contributed by atoms with Crippen LogP contribution < -0.4 is 9.30 Å². The first-order valence-corrected chi connectivity index (χ1v) is 10.9. The van der Waals surface area contributed by atoms with E-state index in [4.69, 9.17) is 30.8 Å². The second-order valence-corrected chi connectivity index (χ2v) is 8.03. The van der Waals surface area contributed by atoms with E-state index in [-0.39, 0.29) is 0 Å². The maximum absolute atomic E-state index is 9.75. The highest BCUT2D eigenvalue weighted by molar-refractivity contribution is 7.97. The predicted octanol–water partition coefficient (Wildman–Crippen LogP) is 4.63. The van der Waals surface area contributed by atoms with Crippen molar-refractivity contribution in [2.45, 2.75) is 12.7 Å². The fourth-order valence-electron chi connectivity index (χ4n) is 3.08. The lowest BCUT2D eigenvalue weighted by atomic mass is 10.2. The van der Waals surface area contributed by atoms with Crippen LogP contribution in [-0.4, -0.2) is 49.7 Å². The second-order valence-electron chi connectivity index (χ2n) is 6.68. The normalized spacial score (nSPS) is 12.7. The average Bonchev–Trinajstić information content (AvgIpc) is 3.08. The highest BCUT2D eigenvalue weighted by Crippen LogP contribution is 2.32. The maximum atomic E-state index is 9.75. The molecule has 0 fully saturated rings. The van der Waals surface area contributed by atoms with Gasteiger partial charge in [-0.3, -0.25) is 0 Å². The number of nitrogens with zero attached hydrogens (tertiary/aromatic N) is 3. The van der Waals surface area contributed by atoms with Crippen LogP contribution in [0.3, 0.4) is 0 Å². The number of pyridine rings is 1. The number of methoxy groups -OCH3 is 1. The van der Waals surface area contributed by atoms with Gasteiger partial charge in [-0.05, 0) is 19.1 Å². The molecule has 0 radical (unpaired) electrons. The Morgan fingerprint density at radius 2 is 1.88 bits per heavy atom. The Bertz CT molecular complexity index is 1080. The van der Waals surface area contributed by atoms with Gasteiger partial charge in [-0.15, -0.1) is 0 Å². The Kier molecular flexibility index (Phi) is 8.26. The van der Waals surface area contributed by atoms with Crippen molar-refractivity contribution in [3.05, 3.63) is 46.7 Å². The van der Waals surface area contributed by atoms with Crippen LogP contribution in [0.4, 0.5) is 17.3 Å². The molecular formula is C19H21BClF4N3O3S. The molecule has 2 aromatic heterocycles. The number of benzene rings is 1. The van der Waals surface area contributed by atoms with Crippen LogP contribution in [0.5, 0.6) is 5.75 Å². The van der Waals surface area contributed by atoms with E-state index in [9.17, 15) is 17.3 Å².